The maximum absolute atomic E-state index is 13.0. The van der Waals surface area contributed by atoms with Crippen LogP contribution in [0.25, 0.3) is 10.9 Å². The fourth-order valence-electron chi connectivity index (χ4n) is 3.28. The Labute approximate surface area is 191 Å². The molecular weight excluding hydrogens is 424 g/mol. The summed E-state index contributed by atoms with van der Waals surface area (Å²) in [7, 11) is 0. The van der Waals surface area contributed by atoms with Gasteiger partial charge in [0.05, 0.1) is 16.2 Å². The Kier molecular flexibility index (Phi) is 7.69. The molecule has 1 unspecified atom stereocenters. The number of hydrogen-bond donors (Lipinski definition) is 2. The third-order valence-electron chi connectivity index (χ3n) is 5.08. The summed E-state index contributed by atoms with van der Waals surface area (Å²) in [5, 5.41) is 5.49. The van der Waals surface area contributed by atoms with Crippen LogP contribution in [0.3, 0.4) is 0 Å². The van der Waals surface area contributed by atoms with Crippen molar-refractivity contribution in [3.63, 3.8) is 0 Å². The molecule has 0 aliphatic carbocycles. The fourth-order valence-corrected chi connectivity index (χ4v) is 4.22. The molecule has 168 valence electrons. The van der Waals surface area contributed by atoms with Crippen molar-refractivity contribution >= 4 is 40.3 Å². The Morgan fingerprint density at radius 2 is 1.91 bits per heavy atom. The number of aromatic nitrogens is 2. The number of urea groups is 1. The lowest BCUT2D eigenvalue weighted by molar-refractivity contribution is -0.119. The van der Waals surface area contributed by atoms with Crippen molar-refractivity contribution in [1.82, 2.24) is 14.9 Å². The van der Waals surface area contributed by atoms with E-state index in [2.05, 4.69) is 22.5 Å². The van der Waals surface area contributed by atoms with Gasteiger partial charge in [-0.2, -0.15) is 0 Å². The van der Waals surface area contributed by atoms with Crippen LogP contribution in [0.4, 0.5) is 10.5 Å². The number of benzene rings is 2. The lowest BCUT2D eigenvalue weighted by Gasteiger charge is -2.16. The monoisotopic (exact) mass is 452 g/mol. The summed E-state index contributed by atoms with van der Waals surface area (Å²) in [6.45, 7) is 8.13. The third kappa shape index (κ3) is 5.56. The number of para-hydroxylation sites is 1. The first-order chi connectivity index (χ1) is 15.3. The van der Waals surface area contributed by atoms with Gasteiger partial charge in [-0.05, 0) is 51.0 Å². The first kappa shape index (κ1) is 23.5. The molecule has 2 N–H and O–H groups in total. The molecule has 0 bridgehead atoms. The van der Waals surface area contributed by atoms with E-state index in [1.165, 1.54) is 11.8 Å². The molecule has 0 aliphatic heterocycles. The van der Waals surface area contributed by atoms with Crippen LogP contribution in [0.5, 0.6) is 0 Å². The number of nitrogens with one attached hydrogen (secondary N) is 2. The van der Waals surface area contributed by atoms with Gasteiger partial charge in [0, 0.05) is 12.2 Å². The highest BCUT2D eigenvalue weighted by Gasteiger charge is 2.21. The second-order valence-corrected chi connectivity index (χ2v) is 9.05. The first-order valence-electron chi connectivity index (χ1n) is 10.7. The minimum atomic E-state index is -0.624. The van der Waals surface area contributed by atoms with Crippen LogP contribution in [0, 0.1) is 13.8 Å². The molecule has 1 heterocycles. The van der Waals surface area contributed by atoms with Crippen LogP contribution in [-0.2, 0) is 11.3 Å². The van der Waals surface area contributed by atoms with E-state index in [0.717, 1.165) is 24.0 Å². The molecular formula is C24H28N4O3S. The zero-order valence-corrected chi connectivity index (χ0v) is 19.6. The average Bonchev–Trinajstić information content (AvgIpc) is 2.75. The molecule has 0 saturated carbocycles. The van der Waals surface area contributed by atoms with Crippen LogP contribution in [0.1, 0.15) is 37.8 Å². The van der Waals surface area contributed by atoms with Gasteiger partial charge in [-0.15, -0.1) is 0 Å². The van der Waals surface area contributed by atoms with E-state index in [9.17, 15) is 14.4 Å². The van der Waals surface area contributed by atoms with Crippen molar-refractivity contribution in [2.75, 3.05) is 5.32 Å². The van der Waals surface area contributed by atoms with Gasteiger partial charge in [-0.25, -0.2) is 9.78 Å². The smallest absolute Gasteiger partial charge is 0.307 e. The number of carbonyl (C=O) groups is 2. The van der Waals surface area contributed by atoms with E-state index in [0.29, 0.717) is 28.3 Å². The molecule has 3 amide bonds. The van der Waals surface area contributed by atoms with Crippen molar-refractivity contribution < 1.29 is 9.59 Å². The van der Waals surface area contributed by atoms with Gasteiger partial charge >= 0.3 is 6.03 Å². The fraction of sp³-hybridized carbons (Fsp3) is 0.333. The molecule has 1 aromatic heterocycles. The zero-order chi connectivity index (χ0) is 23.3. The molecule has 2 aromatic carbocycles. The summed E-state index contributed by atoms with van der Waals surface area (Å²) in [6.07, 6.45) is 1.75. The van der Waals surface area contributed by atoms with E-state index < -0.39 is 17.2 Å². The number of hydrogen-bond acceptors (Lipinski definition) is 5. The number of aryl methyl sites for hydroxylation is 2. The average molecular weight is 453 g/mol. The highest BCUT2D eigenvalue weighted by molar-refractivity contribution is 8.00. The van der Waals surface area contributed by atoms with Gasteiger partial charge < -0.3 is 5.32 Å². The summed E-state index contributed by atoms with van der Waals surface area (Å²) in [6, 6.07) is 12.2. The quantitative estimate of drug-likeness (QED) is 0.402. The predicted octanol–water partition coefficient (Wildman–Crippen LogP) is 4.64. The molecule has 0 fully saturated rings. The van der Waals surface area contributed by atoms with E-state index >= 15 is 0 Å². The number of amides is 3. The number of unbranched alkanes of at least 4 members (excludes halogenated alkanes) is 1. The summed E-state index contributed by atoms with van der Waals surface area (Å²) in [4.78, 5) is 42.6. The van der Waals surface area contributed by atoms with Gasteiger partial charge in [-0.3, -0.25) is 19.5 Å². The van der Waals surface area contributed by atoms with Crippen molar-refractivity contribution in [3.8, 4) is 0 Å². The Balaban J connectivity index is 1.75. The Hall–Kier alpha value is -3.13. The summed E-state index contributed by atoms with van der Waals surface area (Å²) in [5.41, 5.74) is 3.12. The minimum absolute atomic E-state index is 0.119. The Bertz CT molecular complexity index is 1210. The highest BCUT2D eigenvalue weighted by Crippen LogP contribution is 2.23. The summed E-state index contributed by atoms with van der Waals surface area (Å²) < 4.78 is 1.62. The SMILES string of the molecule is CCCCn1c(SC(C)C(=O)NC(=O)Nc2ccc(C)cc2C)nc2ccccc2c1=O. The second-order valence-electron chi connectivity index (χ2n) is 7.74. The number of nitrogens with zero attached hydrogens (tertiary/aromatic N) is 2. The van der Waals surface area contributed by atoms with E-state index in [1.807, 2.05) is 38.1 Å². The van der Waals surface area contributed by atoms with Crippen molar-refractivity contribution in [1.29, 1.82) is 0 Å². The maximum atomic E-state index is 13.0. The molecule has 3 rings (SSSR count). The number of thioether (sulfide) groups is 1. The predicted molar refractivity (Wildman–Crippen MR) is 129 cm³/mol. The van der Waals surface area contributed by atoms with E-state index in [4.69, 9.17) is 0 Å². The summed E-state index contributed by atoms with van der Waals surface area (Å²) >= 11 is 1.17. The molecule has 3 aromatic rings. The van der Waals surface area contributed by atoms with Crippen LogP contribution in [0.2, 0.25) is 0 Å². The van der Waals surface area contributed by atoms with Crippen LogP contribution in [0.15, 0.2) is 52.4 Å². The van der Waals surface area contributed by atoms with Gasteiger partial charge in [-0.1, -0.05) is 54.9 Å². The molecule has 0 saturated heterocycles. The maximum Gasteiger partial charge on any atom is 0.325 e. The van der Waals surface area contributed by atoms with Crippen LogP contribution >= 0.6 is 11.8 Å². The molecule has 1 atom stereocenters. The second kappa shape index (κ2) is 10.5. The molecule has 32 heavy (non-hydrogen) atoms. The van der Waals surface area contributed by atoms with Gasteiger partial charge in [0.2, 0.25) is 5.91 Å². The van der Waals surface area contributed by atoms with Gasteiger partial charge in [0.15, 0.2) is 5.16 Å². The number of rotatable bonds is 7. The van der Waals surface area contributed by atoms with E-state index in [1.54, 1.807) is 29.7 Å². The normalized spacial score (nSPS) is 11.9. The van der Waals surface area contributed by atoms with Crippen molar-refractivity contribution in [3.05, 3.63) is 63.9 Å². The number of fused-ring (bicyclic) bond motifs is 1. The van der Waals surface area contributed by atoms with Crippen LogP contribution in [-0.4, -0.2) is 26.7 Å². The van der Waals surface area contributed by atoms with Crippen LogP contribution < -0.4 is 16.2 Å². The number of imide groups is 1. The molecule has 0 aliphatic rings. The largest absolute Gasteiger partial charge is 0.325 e. The van der Waals surface area contributed by atoms with Crippen molar-refractivity contribution in [2.45, 2.75) is 57.5 Å². The standard InChI is InChI=1S/C24H28N4O3S/c1-5-6-13-28-22(30)18-9-7-8-10-20(18)26-24(28)32-17(4)21(29)27-23(31)25-19-12-11-15(2)14-16(19)3/h7-12,14,17H,5-6,13H2,1-4H3,(H2,25,27,29,31). The van der Waals surface area contributed by atoms with Gasteiger partial charge in [0.25, 0.3) is 5.56 Å². The molecule has 7 nitrogen and oxygen atoms in total. The zero-order valence-electron chi connectivity index (χ0n) is 18.8. The van der Waals surface area contributed by atoms with Gasteiger partial charge in [0.1, 0.15) is 0 Å². The minimum Gasteiger partial charge on any atom is -0.307 e. The number of carbonyl (C=O) groups excluding carboxylic acids is 2. The first-order valence-corrected chi connectivity index (χ1v) is 11.5. The number of anilines is 1. The summed E-state index contributed by atoms with van der Waals surface area (Å²) in [5.74, 6) is -0.457. The topological polar surface area (TPSA) is 93.1 Å². The molecule has 8 heteroatoms. The lowest BCUT2D eigenvalue weighted by atomic mass is 10.1. The van der Waals surface area contributed by atoms with E-state index in [-0.39, 0.29) is 5.56 Å². The van der Waals surface area contributed by atoms with Crippen molar-refractivity contribution in [2.24, 2.45) is 0 Å². The Morgan fingerprint density at radius 3 is 2.62 bits per heavy atom. The Morgan fingerprint density at radius 1 is 1.16 bits per heavy atom. The highest BCUT2D eigenvalue weighted by atomic mass is 32.2. The third-order valence-corrected chi connectivity index (χ3v) is 6.17. The molecule has 0 radical (unpaired) electrons. The molecule has 0 spiro atoms. The lowest BCUT2D eigenvalue weighted by Crippen LogP contribution is -2.39.